The van der Waals surface area contributed by atoms with Crippen LogP contribution in [0.5, 0.6) is 5.75 Å². The lowest BCUT2D eigenvalue weighted by Gasteiger charge is -2.10. The van der Waals surface area contributed by atoms with E-state index in [1.165, 1.54) is 7.11 Å². The summed E-state index contributed by atoms with van der Waals surface area (Å²) in [7, 11) is 1.49. The first kappa shape index (κ1) is 14.3. The van der Waals surface area contributed by atoms with Crippen molar-refractivity contribution in [3.8, 4) is 5.75 Å². The van der Waals surface area contributed by atoms with Crippen LogP contribution < -0.4 is 15.8 Å². The number of hydrogen-bond acceptors (Lipinski definition) is 4. The van der Waals surface area contributed by atoms with Crippen molar-refractivity contribution in [2.45, 2.75) is 6.92 Å². The monoisotopic (exact) mass is 283 g/mol. The van der Waals surface area contributed by atoms with Gasteiger partial charge in [0.1, 0.15) is 5.75 Å². The molecule has 6 heteroatoms. The topological polar surface area (TPSA) is 92.5 Å². The van der Waals surface area contributed by atoms with Gasteiger partial charge in [-0.3, -0.25) is 4.79 Å². The third-order valence-electron chi connectivity index (χ3n) is 3.15. The number of rotatable bonds is 3. The number of nitrogens with one attached hydrogen (secondary N) is 1. The minimum Gasteiger partial charge on any atom is -0.496 e. The van der Waals surface area contributed by atoms with Gasteiger partial charge in [-0.1, -0.05) is 18.2 Å². The second-order valence-corrected chi connectivity index (χ2v) is 4.43. The Morgan fingerprint density at radius 3 is 2.57 bits per heavy atom. The largest absolute Gasteiger partial charge is 0.496 e. The van der Waals surface area contributed by atoms with E-state index in [1.54, 1.807) is 37.3 Å². The van der Waals surface area contributed by atoms with Crippen molar-refractivity contribution in [2.75, 3.05) is 18.2 Å². The molecule has 0 aliphatic carbocycles. The Kier molecular flexibility index (Phi) is 4.05. The molecule has 106 valence electrons. The maximum atomic E-state index is 12.1. The Labute approximate surface area is 122 Å². The lowest BCUT2D eigenvalue weighted by atomic mass is 10.1. The summed E-state index contributed by atoms with van der Waals surface area (Å²) in [6, 6.07) is 10.3. The Morgan fingerprint density at radius 2 is 2.00 bits per heavy atom. The minimum atomic E-state index is -0.308. The molecule has 0 heterocycles. The number of diazo groups is 1. The molecule has 0 saturated heterocycles. The Bertz CT molecular complexity index is 721. The van der Waals surface area contributed by atoms with Gasteiger partial charge in [0.05, 0.1) is 18.4 Å². The quantitative estimate of drug-likeness (QED) is 0.667. The summed E-state index contributed by atoms with van der Waals surface area (Å²) in [5.74, 6) is 0.164. The van der Waals surface area contributed by atoms with Gasteiger partial charge in [0, 0.05) is 11.6 Å². The van der Waals surface area contributed by atoms with Gasteiger partial charge in [-0.15, -0.1) is 0 Å². The summed E-state index contributed by atoms with van der Waals surface area (Å²) in [6.45, 7) is 1.72. The van der Waals surface area contributed by atoms with Crippen molar-refractivity contribution in [3.63, 3.8) is 0 Å². The van der Waals surface area contributed by atoms with Gasteiger partial charge in [0.15, 0.2) is 10.7 Å². The van der Waals surface area contributed by atoms with E-state index in [1.807, 2.05) is 6.07 Å². The normalized spacial score (nSPS) is 9.76. The molecule has 0 unspecified atom stereocenters. The van der Waals surface area contributed by atoms with Crippen LogP contribution in [-0.2, 0) is 0 Å². The van der Waals surface area contributed by atoms with E-state index in [0.29, 0.717) is 22.6 Å². The van der Waals surface area contributed by atoms with E-state index in [9.17, 15) is 4.79 Å². The minimum absolute atomic E-state index is 0.178. The van der Waals surface area contributed by atoms with Crippen molar-refractivity contribution < 1.29 is 9.53 Å². The number of ether oxygens (including phenoxy) is 1. The van der Waals surface area contributed by atoms with Gasteiger partial charge >= 0.3 is 5.69 Å². The molecule has 0 fully saturated rings. The predicted octanol–water partition coefficient (Wildman–Crippen LogP) is 3.32. The predicted molar refractivity (Wildman–Crippen MR) is 81.3 cm³/mol. The number of anilines is 2. The molecule has 2 aromatic carbocycles. The summed E-state index contributed by atoms with van der Waals surface area (Å²) in [4.78, 5) is 15.3. The molecule has 0 saturated carbocycles. The zero-order chi connectivity index (χ0) is 15.4. The smallest absolute Gasteiger partial charge is 0.416 e. The first-order valence-electron chi connectivity index (χ1n) is 6.27. The number of benzene rings is 2. The molecule has 0 atom stereocenters. The molecular formula is C15H15N4O2+. The molecule has 2 rings (SSSR count). The highest BCUT2D eigenvalue weighted by Crippen LogP contribution is 2.39. The number of amides is 1. The number of hydrogen-bond donors (Lipinski definition) is 2. The number of carbonyl (C=O) groups is 1. The van der Waals surface area contributed by atoms with Gasteiger partial charge in [-0.25, -0.2) is 0 Å². The molecule has 2 aromatic rings. The number of nitrogens with zero attached hydrogens (tertiary/aromatic N) is 2. The van der Waals surface area contributed by atoms with Gasteiger partial charge in [-0.05, 0) is 19.1 Å². The Morgan fingerprint density at radius 1 is 1.33 bits per heavy atom. The molecular weight excluding hydrogens is 268 g/mol. The third-order valence-corrected chi connectivity index (χ3v) is 3.15. The Balaban J connectivity index is 2.41. The van der Waals surface area contributed by atoms with E-state index >= 15 is 0 Å². The average molecular weight is 283 g/mol. The maximum Gasteiger partial charge on any atom is 0.416 e. The van der Waals surface area contributed by atoms with E-state index in [2.05, 4.69) is 10.3 Å². The van der Waals surface area contributed by atoms with Crippen molar-refractivity contribution >= 4 is 23.0 Å². The average Bonchev–Trinajstić information content (AvgIpc) is 2.51. The van der Waals surface area contributed by atoms with Crippen LogP contribution >= 0.6 is 0 Å². The first-order valence-corrected chi connectivity index (χ1v) is 6.27. The standard InChI is InChI=1S/C15H14N4O2/c1-9-12(21-2)8-11(13(16)14(9)19-17)18-15(20)10-6-4-3-5-7-10/h3-8,16-17H,1-2H3/p+1. The van der Waals surface area contributed by atoms with Gasteiger partial charge in [0.25, 0.3) is 5.91 Å². The van der Waals surface area contributed by atoms with Crippen LogP contribution in [0.1, 0.15) is 15.9 Å². The lowest BCUT2D eigenvalue weighted by molar-refractivity contribution is 0.102. The molecule has 6 nitrogen and oxygen atoms in total. The summed E-state index contributed by atoms with van der Waals surface area (Å²) in [6.07, 6.45) is 0. The van der Waals surface area contributed by atoms with E-state index in [-0.39, 0.29) is 17.3 Å². The van der Waals surface area contributed by atoms with Crippen LogP contribution in [0.2, 0.25) is 0 Å². The van der Waals surface area contributed by atoms with Gasteiger partial charge < -0.3 is 15.8 Å². The van der Waals surface area contributed by atoms with Crippen LogP contribution in [0, 0.1) is 12.3 Å². The lowest BCUT2D eigenvalue weighted by Crippen LogP contribution is -2.13. The fraction of sp³-hybridized carbons (Fsp3) is 0.133. The molecule has 3 N–H and O–H groups in total. The Hall–Kier alpha value is -3.07. The molecule has 21 heavy (non-hydrogen) atoms. The zero-order valence-corrected chi connectivity index (χ0v) is 11.8. The van der Waals surface area contributed by atoms with Crippen LogP contribution in [0.4, 0.5) is 17.1 Å². The molecule has 0 bridgehead atoms. The van der Waals surface area contributed by atoms with Crippen molar-refractivity contribution in [2.24, 2.45) is 0 Å². The molecule has 0 spiro atoms. The molecule has 0 aliphatic heterocycles. The summed E-state index contributed by atoms with van der Waals surface area (Å²) in [5, 5.41) is 11.8. The second kappa shape index (κ2) is 5.92. The zero-order valence-electron chi connectivity index (χ0n) is 11.8. The maximum absolute atomic E-state index is 12.1. The molecule has 0 aliphatic rings. The molecule has 1 amide bonds. The molecule has 0 aromatic heterocycles. The van der Waals surface area contributed by atoms with Crippen LogP contribution in [0.15, 0.2) is 36.4 Å². The van der Waals surface area contributed by atoms with E-state index in [4.69, 9.17) is 15.9 Å². The first-order chi connectivity index (χ1) is 10.1. The van der Waals surface area contributed by atoms with Crippen LogP contribution in [0.3, 0.4) is 0 Å². The van der Waals surface area contributed by atoms with Crippen LogP contribution in [-0.4, -0.2) is 13.0 Å². The van der Waals surface area contributed by atoms with Gasteiger partial charge in [-0.2, -0.15) is 0 Å². The van der Waals surface area contributed by atoms with Crippen molar-refractivity contribution in [1.29, 1.82) is 5.39 Å². The van der Waals surface area contributed by atoms with Crippen molar-refractivity contribution in [1.82, 2.24) is 0 Å². The second-order valence-electron chi connectivity index (χ2n) is 4.43. The number of carbonyl (C=O) groups excluding carboxylic acids is 1. The number of nitrogen functional groups attached to an aromatic ring is 1. The summed E-state index contributed by atoms with van der Waals surface area (Å²) < 4.78 is 5.19. The third kappa shape index (κ3) is 2.77. The fourth-order valence-electron chi connectivity index (χ4n) is 1.99. The van der Waals surface area contributed by atoms with Crippen molar-refractivity contribution in [3.05, 3.63) is 52.5 Å². The SMILES string of the molecule is COc1cc(NC(=O)c2ccccc2)c(N)c([N+]#N)c1C. The highest BCUT2D eigenvalue weighted by Gasteiger charge is 2.24. The van der Waals surface area contributed by atoms with Gasteiger partial charge in [0.2, 0.25) is 5.39 Å². The molecule has 0 radical (unpaired) electrons. The van der Waals surface area contributed by atoms with E-state index in [0.717, 1.165) is 0 Å². The summed E-state index contributed by atoms with van der Waals surface area (Å²) >= 11 is 0. The number of methoxy groups -OCH3 is 1. The van der Waals surface area contributed by atoms with E-state index < -0.39 is 0 Å². The highest BCUT2D eigenvalue weighted by atomic mass is 16.5. The highest BCUT2D eigenvalue weighted by molar-refractivity contribution is 6.07. The fourth-order valence-corrected chi connectivity index (χ4v) is 1.99. The van der Waals surface area contributed by atoms with Crippen LogP contribution in [0.25, 0.3) is 4.98 Å². The number of nitrogens with two attached hydrogens (primary N) is 1. The summed E-state index contributed by atoms with van der Waals surface area (Å²) in [5.41, 5.74) is 7.70.